The maximum Gasteiger partial charge on any atom is 0.335 e. The van der Waals surface area contributed by atoms with Crippen LogP contribution in [-0.2, 0) is 14.4 Å². The number of urea groups is 1. The molecule has 5 amide bonds. The summed E-state index contributed by atoms with van der Waals surface area (Å²) in [7, 11) is 1.42. The molecule has 3 aromatic rings. The summed E-state index contributed by atoms with van der Waals surface area (Å²) in [5.41, 5.74) is 1.02. The second-order valence-corrected chi connectivity index (χ2v) is 8.11. The average Bonchev–Trinajstić information content (AvgIpc) is 3.39. The van der Waals surface area contributed by atoms with Gasteiger partial charge in [0, 0.05) is 11.8 Å². The van der Waals surface area contributed by atoms with Crippen LogP contribution in [0.3, 0.4) is 0 Å². The van der Waals surface area contributed by atoms with Crippen LogP contribution in [0.2, 0.25) is 0 Å². The highest BCUT2D eigenvalue weighted by atomic mass is 16.7. The number of hydrogen-bond acceptors (Lipinski definition) is 8. The third-order valence-electron chi connectivity index (χ3n) is 5.63. The van der Waals surface area contributed by atoms with Crippen LogP contribution in [0.25, 0.3) is 6.08 Å². The first kappa shape index (κ1) is 24.4. The molecule has 1 saturated heterocycles. The maximum absolute atomic E-state index is 13.2. The van der Waals surface area contributed by atoms with Crippen molar-refractivity contribution in [3.8, 4) is 23.0 Å². The lowest BCUT2D eigenvalue weighted by molar-refractivity contribution is -0.122. The van der Waals surface area contributed by atoms with E-state index in [1.807, 2.05) is 6.07 Å². The molecule has 0 saturated carbocycles. The zero-order valence-corrected chi connectivity index (χ0v) is 20.1. The lowest BCUT2D eigenvalue weighted by Crippen LogP contribution is -2.54. The zero-order valence-electron chi connectivity index (χ0n) is 20.1. The van der Waals surface area contributed by atoms with Crippen LogP contribution in [0.1, 0.15) is 5.56 Å². The number of nitrogens with zero attached hydrogens (tertiary/aromatic N) is 1. The normalized spacial score (nSPS) is 15.3. The number of anilines is 2. The van der Waals surface area contributed by atoms with E-state index in [0.717, 1.165) is 4.90 Å². The first-order chi connectivity index (χ1) is 18.4. The van der Waals surface area contributed by atoms with E-state index in [4.69, 9.17) is 18.9 Å². The standard InChI is InChI=1S/C27H21N3O8/c1-35-22-12-16(7-9-20(22)36-14-24(31)28-17-5-3-2-4-6-17)11-19-25(32)29-27(34)30(26(19)33)18-8-10-21-23(13-18)38-15-37-21/h2-13H,14-15H2,1H3,(H,28,31)(H,29,32,34)/b19-11+. The van der Waals surface area contributed by atoms with Crippen molar-refractivity contribution in [3.05, 3.63) is 77.9 Å². The predicted octanol–water partition coefficient (Wildman–Crippen LogP) is 3.11. The Balaban J connectivity index is 1.33. The summed E-state index contributed by atoms with van der Waals surface area (Å²) in [5, 5.41) is 4.89. The molecule has 0 radical (unpaired) electrons. The van der Waals surface area contributed by atoms with Gasteiger partial charge in [0.15, 0.2) is 29.6 Å². The van der Waals surface area contributed by atoms with Crippen molar-refractivity contribution < 1.29 is 38.1 Å². The van der Waals surface area contributed by atoms with Gasteiger partial charge < -0.3 is 24.3 Å². The number of ether oxygens (including phenoxy) is 4. The van der Waals surface area contributed by atoms with Crippen LogP contribution in [0.15, 0.2) is 72.3 Å². The van der Waals surface area contributed by atoms with E-state index in [9.17, 15) is 19.2 Å². The van der Waals surface area contributed by atoms with E-state index in [1.54, 1.807) is 48.5 Å². The molecule has 192 valence electrons. The maximum atomic E-state index is 13.2. The van der Waals surface area contributed by atoms with Gasteiger partial charge in [0.1, 0.15) is 5.57 Å². The van der Waals surface area contributed by atoms with Crippen LogP contribution < -0.4 is 34.5 Å². The van der Waals surface area contributed by atoms with Gasteiger partial charge in [0.25, 0.3) is 17.7 Å². The van der Waals surface area contributed by atoms with E-state index in [2.05, 4.69) is 10.6 Å². The first-order valence-electron chi connectivity index (χ1n) is 11.4. The number of amides is 5. The highest BCUT2D eigenvalue weighted by Crippen LogP contribution is 2.36. The lowest BCUT2D eigenvalue weighted by atomic mass is 10.1. The van der Waals surface area contributed by atoms with Crippen LogP contribution in [0.4, 0.5) is 16.2 Å². The quantitative estimate of drug-likeness (QED) is 0.362. The fourth-order valence-electron chi connectivity index (χ4n) is 3.84. The van der Waals surface area contributed by atoms with E-state index < -0.39 is 17.8 Å². The van der Waals surface area contributed by atoms with Gasteiger partial charge in [0.2, 0.25) is 6.79 Å². The number of imide groups is 2. The number of carbonyl (C=O) groups excluding carboxylic acids is 4. The summed E-state index contributed by atoms with van der Waals surface area (Å²) in [5.74, 6) is -0.583. The number of para-hydroxylation sites is 1. The summed E-state index contributed by atoms with van der Waals surface area (Å²) in [6.45, 7) is -0.235. The first-order valence-corrected chi connectivity index (χ1v) is 11.4. The number of rotatable bonds is 7. The van der Waals surface area contributed by atoms with Gasteiger partial charge in [-0.1, -0.05) is 24.3 Å². The molecule has 1 fully saturated rings. The van der Waals surface area contributed by atoms with Crippen molar-refractivity contribution in [2.75, 3.05) is 30.7 Å². The smallest absolute Gasteiger partial charge is 0.335 e. The minimum absolute atomic E-state index is 0.0296. The van der Waals surface area contributed by atoms with Gasteiger partial charge in [-0.05, 0) is 48.0 Å². The van der Waals surface area contributed by atoms with Gasteiger partial charge in [-0.3, -0.25) is 19.7 Å². The highest BCUT2D eigenvalue weighted by molar-refractivity contribution is 6.39. The molecule has 2 N–H and O–H groups in total. The number of nitrogens with one attached hydrogen (secondary N) is 2. The second kappa shape index (κ2) is 10.3. The van der Waals surface area contributed by atoms with E-state index in [1.165, 1.54) is 25.3 Å². The topological polar surface area (TPSA) is 133 Å². The largest absolute Gasteiger partial charge is 0.493 e. The van der Waals surface area contributed by atoms with Crippen molar-refractivity contribution in [1.29, 1.82) is 0 Å². The van der Waals surface area contributed by atoms with Crippen molar-refractivity contribution >= 4 is 41.2 Å². The summed E-state index contributed by atoms with van der Waals surface area (Å²) >= 11 is 0. The summed E-state index contributed by atoms with van der Waals surface area (Å²) in [4.78, 5) is 51.3. The molecule has 11 nitrogen and oxygen atoms in total. The average molecular weight is 515 g/mol. The molecule has 0 bridgehead atoms. The van der Waals surface area contributed by atoms with Crippen molar-refractivity contribution in [2.24, 2.45) is 0 Å². The minimum atomic E-state index is -0.883. The van der Waals surface area contributed by atoms with Crippen molar-refractivity contribution in [3.63, 3.8) is 0 Å². The molecule has 2 heterocycles. The van der Waals surface area contributed by atoms with Crippen molar-refractivity contribution in [1.82, 2.24) is 5.32 Å². The molecule has 0 spiro atoms. The van der Waals surface area contributed by atoms with Crippen LogP contribution in [0, 0.1) is 0 Å². The van der Waals surface area contributed by atoms with Gasteiger partial charge in [0.05, 0.1) is 12.8 Å². The molecule has 11 heteroatoms. The fraction of sp³-hybridized carbons (Fsp3) is 0.111. The number of fused-ring (bicyclic) bond motifs is 1. The number of methoxy groups -OCH3 is 1. The lowest BCUT2D eigenvalue weighted by Gasteiger charge is -2.26. The third kappa shape index (κ3) is 4.98. The number of benzene rings is 3. The molecular formula is C27H21N3O8. The summed E-state index contributed by atoms with van der Waals surface area (Å²) in [6.07, 6.45) is 1.33. The Morgan fingerprint density at radius 1 is 1.00 bits per heavy atom. The SMILES string of the molecule is COc1cc(/C=C2\C(=O)NC(=O)N(c3ccc4c(c3)OCO4)C2=O)ccc1OCC(=O)Nc1ccccc1. The Morgan fingerprint density at radius 3 is 2.58 bits per heavy atom. The van der Waals surface area contributed by atoms with E-state index in [-0.39, 0.29) is 42.1 Å². The van der Waals surface area contributed by atoms with Gasteiger partial charge in [-0.25, -0.2) is 9.69 Å². The molecular weight excluding hydrogens is 494 g/mol. The van der Waals surface area contributed by atoms with Crippen molar-refractivity contribution in [2.45, 2.75) is 0 Å². The van der Waals surface area contributed by atoms with E-state index >= 15 is 0 Å². The number of hydrogen-bond donors (Lipinski definition) is 2. The fourth-order valence-corrected chi connectivity index (χ4v) is 3.84. The third-order valence-corrected chi connectivity index (χ3v) is 5.63. The highest BCUT2D eigenvalue weighted by Gasteiger charge is 2.37. The van der Waals surface area contributed by atoms with E-state index in [0.29, 0.717) is 22.7 Å². The zero-order chi connectivity index (χ0) is 26.6. The molecule has 5 rings (SSSR count). The minimum Gasteiger partial charge on any atom is -0.493 e. The van der Waals surface area contributed by atoms with Gasteiger partial charge in [-0.2, -0.15) is 0 Å². The number of carbonyl (C=O) groups is 4. The molecule has 3 aromatic carbocycles. The Bertz CT molecular complexity index is 1470. The Hall–Kier alpha value is -5.32. The van der Waals surface area contributed by atoms with Crippen LogP contribution in [-0.4, -0.2) is 44.3 Å². The molecule has 2 aliphatic heterocycles. The monoisotopic (exact) mass is 515 g/mol. The summed E-state index contributed by atoms with van der Waals surface area (Å²) in [6, 6.07) is 17.3. The molecule has 0 unspecified atom stereocenters. The Labute approximate surface area is 216 Å². The predicted molar refractivity (Wildman–Crippen MR) is 135 cm³/mol. The Kier molecular flexibility index (Phi) is 6.64. The Morgan fingerprint density at radius 2 is 1.79 bits per heavy atom. The molecule has 0 aliphatic carbocycles. The molecule has 0 aromatic heterocycles. The summed E-state index contributed by atoms with van der Waals surface area (Å²) < 4.78 is 21.5. The van der Waals surface area contributed by atoms with Gasteiger partial charge >= 0.3 is 6.03 Å². The molecule has 0 atom stereocenters. The molecule has 38 heavy (non-hydrogen) atoms. The second-order valence-electron chi connectivity index (χ2n) is 8.11. The molecule has 2 aliphatic rings. The van der Waals surface area contributed by atoms with Crippen LogP contribution in [0.5, 0.6) is 23.0 Å². The number of barbiturate groups is 1. The van der Waals surface area contributed by atoms with Crippen LogP contribution >= 0.6 is 0 Å². The van der Waals surface area contributed by atoms with Gasteiger partial charge in [-0.15, -0.1) is 0 Å².